The van der Waals surface area contributed by atoms with Crippen LogP contribution in [0.5, 0.6) is 5.75 Å². The van der Waals surface area contributed by atoms with Gasteiger partial charge < -0.3 is 14.5 Å². The lowest BCUT2D eigenvalue weighted by Gasteiger charge is -2.36. The van der Waals surface area contributed by atoms with Crippen molar-refractivity contribution < 1.29 is 9.53 Å². The zero-order valence-electron chi connectivity index (χ0n) is 14.0. The van der Waals surface area contributed by atoms with E-state index in [4.69, 9.17) is 27.9 Å². The number of hydrogen-bond acceptors (Lipinski definition) is 3. The van der Waals surface area contributed by atoms with Gasteiger partial charge in [0, 0.05) is 26.2 Å². The van der Waals surface area contributed by atoms with Crippen molar-refractivity contribution in [2.24, 2.45) is 0 Å². The van der Waals surface area contributed by atoms with Crippen molar-refractivity contribution >= 4 is 34.8 Å². The Morgan fingerprint density at radius 3 is 2.48 bits per heavy atom. The molecule has 1 amide bonds. The van der Waals surface area contributed by atoms with Gasteiger partial charge in [-0.05, 0) is 31.2 Å². The molecule has 0 radical (unpaired) electrons. The van der Waals surface area contributed by atoms with Gasteiger partial charge in [-0.25, -0.2) is 0 Å². The fourth-order valence-electron chi connectivity index (χ4n) is 2.99. The number of nitrogens with zero attached hydrogens (tertiary/aromatic N) is 2. The molecule has 6 heteroatoms. The molecule has 0 spiro atoms. The molecular formula is C19H20Cl2N2O2. The quantitative estimate of drug-likeness (QED) is 0.792. The topological polar surface area (TPSA) is 32.8 Å². The second kappa shape index (κ2) is 7.98. The molecule has 0 N–H and O–H groups in total. The number of rotatable bonds is 4. The lowest BCUT2D eigenvalue weighted by molar-refractivity contribution is 0.0747. The molecule has 0 unspecified atom stereocenters. The van der Waals surface area contributed by atoms with E-state index in [0.29, 0.717) is 35.3 Å². The summed E-state index contributed by atoms with van der Waals surface area (Å²) in [6.45, 7) is 5.34. The minimum absolute atomic E-state index is 0.0785. The molecule has 0 atom stereocenters. The van der Waals surface area contributed by atoms with E-state index in [1.807, 2.05) is 30.0 Å². The van der Waals surface area contributed by atoms with Crippen LogP contribution in [0.3, 0.4) is 0 Å². The summed E-state index contributed by atoms with van der Waals surface area (Å²) in [5.41, 5.74) is 1.52. The third-order valence-corrected chi connectivity index (χ3v) is 5.07. The van der Waals surface area contributed by atoms with Crippen molar-refractivity contribution in [1.82, 2.24) is 4.90 Å². The molecule has 1 aliphatic rings. The van der Waals surface area contributed by atoms with Crippen LogP contribution >= 0.6 is 23.2 Å². The highest BCUT2D eigenvalue weighted by Crippen LogP contribution is 2.30. The monoisotopic (exact) mass is 378 g/mol. The van der Waals surface area contributed by atoms with Crippen molar-refractivity contribution in [3.63, 3.8) is 0 Å². The van der Waals surface area contributed by atoms with Crippen LogP contribution in [0.15, 0.2) is 42.5 Å². The maximum absolute atomic E-state index is 12.7. The minimum atomic E-state index is -0.0785. The maximum atomic E-state index is 12.7. The Bertz CT molecular complexity index is 759. The Labute approximate surface area is 157 Å². The van der Waals surface area contributed by atoms with E-state index < -0.39 is 0 Å². The predicted molar refractivity (Wildman–Crippen MR) is 102 cm³/mol. The fraction of sp³-hybridized carbons (Fsp3) is 0.316. The summed E-state index contributed by atoms with van der Waals surface area (Å²) in [5.74, 6) is 0.799. The first-order valence-corrected chi connectivity index (χ1v) is 9.07. The summed E-state index contributed by atoms with van der Waals surface area (Å²) in [4.78, 5) is 16.8. The molecule has 132 valence electrons. The van der Waals surface area contributed by atoms with E-state index in [-0.39, 0.29) is 5.91 Å². The number of carbonyl (C=O) groups is 1. The highest BCUT2D eigenvalue weighted by molar-refractivity contribution is 6.43. The van der Waals surface area contributed by atoms with Crippen molar-refractivity contribution in [3.05, 3.63) is 58.1 Å². The van der Waals surface area contributed by atoms with Gasteiger partial charge in [-0.2, -0.15) is 0 Å². The van der Waals surface area contributed by atoms with Gasteiger partial charge in [-0.1, -0.05) is 41.4 Å². The SMILES string of the molecule is CCOc1ccccc1N1CCN(C(=O)c2cccc(Cl)c2Cl)CC1. The van der Waals surface area contributed by atoms with Gasteiger partial charge in [0.1, 0.15) is 5.75 Å². The third-order valence-electron chi connectivity index (χ3n) is 4.25. The molecule has 25 heavy (non-hydrogen) atoms. The normalized spacial score (nSPS) is 14.5. The average Bonchev–Trinajstić information content (AvgIpc) is 2.64. The number of benzene rings is 2. The van der Waals surface area contributed by atoms with Crippen LogP contribution in [0.1, 0.15) is 17.3 Å². The molecule has 1 saturated heterocycles. The van der Waals surface area contributed by atoms with Gasteiger partial charge in [-0.15, -0.1) is 0 Å². The molecule has 0 aromatic heterocycles. The molecule has 4 nitrogen and oxygen atoms in total. The second-order valence-electron chi connectivity index (χ2n) is 5.78. The molecule has 2 aromatic carbocycles. The van der Waals surface area contributed by atoms with Gasteiger partial charge in [-0.3, -0.25) is 4.79 Å². The third kappa shape index (κ3) is 3.86. The second-order valence-corrected chi connectivity index (χ2v) is 6.57. The standard InChI is InChI=1S/C19H20Cl2N2O2/c1-2-25-17-9-4-3-8-16(17)22-10-12-23(13-11-22)19(24)14-6-5-7-15(20)18(14)21/h3-9H,2,10-13H2,1H3. The van der Waals surface area contributed by atoms with Gasteiger partial charge in [0.2, 0.25) is 0 Å². The first-order chi connectivity index (χ1) is 12.1. The maximum Gasteiger partial charge on any atom is 0.255 e. The van der Waals surface area contributed by atoms with Crippen molar-refractivity contribution in [2.45, 2.75) is 6.92 Å². The molecule has 2 aromatic rings. The Morgan fingerprint density at radius 2 is 1.76 bits per heavy atom. The molecular weight excluding hydrogens is 359 g/mol. The van der Waals surface area contributed by atoms with Gasteiger partial charge in [0.25, 0.3) is 5.91 Å². The first kappa shape index (κ1) is 17.9. The van der Waals surface area contributed by atoms with Crippen molar-refractivity contribution in [1.29, 1.82) is 0 Å². The summed E-state index contributed by atoms with van der Waals surface area (Å²) < 4.78 is 5.71. The Morgan fingerprint density at radius 1 is 1.04 bits per heavy atom. The lowest BCUT2D eigenvalue weighted by atomic mass is 10.1. The molecule has 1 aliphatic heterocycles. The number of halogens is 2. The number of piperazine rings is 1. The minimum Gasteiger partial charge on any atom is -0.492 e. The van der Waals surface area contributed by atoms with Gasteiger partial charge >= 0.3 is 0 Å². The first-order valence-electron chi connectivity index (χ1n) is 8.32. The van der Waals surface area contributed by atoms with E-state index in [9.17, 15) is 4.79 Å². The summed E-state index contributed by atoms with van der Waals surface area (Å²) in [7, 11) is 0. The summed E-state index contributed by atoms with van der Waals surface area (Å²) >= 11 is 12.2. The Balaban J connectivity index is 1.70. The summed E-state index contributed by atoms with van der Waals surface area (Å²) in [6, 6.07) is 13.1. The van der Waals surface area contributed by atoms with E-state index in [1.165, 1.54) is 0 Å². The number of carbonyl (C=O) groups excluding carboxylic acids is 1. The largest absolute Gasteiger partial charge is 0.492 e. The van der Waals surface area contributed by atoms with E-state index in [1.54, 1.807) is 18.2 Å². The average molecular weight is 379 g/mol. The van der Waals surface area contributed by atoms with Crippen LogP contribution < -0.4 is 9.64 Å². The number of para-hydroxylation sites is 2. The predicted octanol–water partition coefficient (Wildman–Crippen LogP) is 4.35. The number of amides is 1. The number of ether oxygens (including phenoxy) is 1. The number of anilines is 1. The zero-order chi connectivity index (χ0) is 17.8. The van der Waals surface area contributed by atoms with E-state index >= 15 is 0 Å². The Hall–Kier alpha value is -1.91. The highest BCUT2D eigenvalue weighted by atomic mass is 35.5. The zero-order valence-corrected chi connectivity index (χ0v) is 15.6. The van der Waals surface area contributed by atoms with Gasteiger partial charge in [0.05, 0.1) is 27.9 Å². The highest BCUT2D eigenvalue weighted by Gasteiger charge is 2.25. The van der Waals surface area contributed by atoms with E-state index in [2.05, 4.69) is 11.0 Å². The fourth-order valence-corrected chi connectivity index (χ4v) is 3.37. The van der Waals surface area contributed by atoms with Gasteiger partial charge in [0.15, 0.2) is 0 Å². The summed E-state index contributed by atoms with van der Waals surface area (Å²) in [6.07, 6.45) is 0. The van der Waals surface area contributed by atoms with Crippen LogP contribution in [0.4, 0.5) is 5.69 Å². The number of hydrogen-bond donors (Lipinski definition) is 0. The smallest absolute Gasteiger partial charge is 0.255 e. The van der Waals surface area contributed by atoms with Crippen molar-refractivity contribution in [3.8, 4) is 5.75 Å². The van der Waals surface area contributed by atoms with E-state index in [0.717, 1.165) is 24.5 Å². The van der Waals surface area contributed by atoms with Crippen LogP contribution in [-0.2, 0) is 0 Å². The molecule has 1 heterocycles. The van der Waals surface area contributed by atoms with Crippen LogP contribution in [0, 0.1) is 0 Å². The molecule has 3 rings (SSSR count). The molecule has 0 aliphatic carbocycles. The summed E-state index contributed by atoms with van der Waals surface area (Å²) in [5, 5.41) is 0.718. The van der Waals surface area contributed by atoms with Crippen LogP contribution in [-0.4, -0.2) is 43.6 Å². The van der Waals surface area contributed by atoms with Crippen molar-refractivity contribution in [2.75, 3.05) is 37.7 Å². The van der Waals surface area contributed by atoms with Crippen LogP contribution in [0.2, 0.25) is 10.0 Å². The Kier molecular flexibility index (Phi) is 5.71. The molecule has 1 fully saturated rings. The molecule has 0 saturated carbocycles. The lowest BCUT2D eigenvalue weighted by Crippen LogP contribution is -2.49. The van der Waals surface area contributed by atoms with Crippen LogP contribution in [0.25, 0.3) is 0 Å². The molecule has 0 bridgehead atoms.